The minimum atomic E-state index is -1.14. The number of urea groups is 1. The second-order valence-electron chi connectivity index (χ2n) is 6.47. The monoisotopic (exact) mass is 425 g/mol. The van der Waals surface area contributed by atoms with Crippen LogP contribution >= 0.6 is 15.9 Å². The van der Waals surface area contributed by atoms with E-state index in [1.807, 2.05) is 54.6 Å². The molecule has 0 bridgehead atoms. The molecule has 3 amide bonds. The highest BCUT2D eigenvalue weighted by Crippen LogP contribution is 2.34. The highest BCUT2D eigenvalue weighted by Gasteiger charge is 2.50. The van der Waals surface area contributed by atoms with Crippen molar-refractivity contribution in [2.75, 3.05) is 0 Å². The Bertz CT molecular complexity index is 1020. The van der Waals surface area contributed by atoms with E-state index >= 15 is 0 Å². The predicted molar refractivity (Wildman–Crippen MR) is 103 cm³/mol. The second kappa shape index (κ2) is 6.66. The standard InChI is InChI=1S/C20H16BrN3O3/c1-20(15-9-5-6-10-16(15)21)18(25)24(19(26)22-20)12-14-11-17(23-27-14)13-7-3-2-4-8-13/h2-11H,12H2,1H3,(H,22,26). The molecule has 1 N–H and O–H groups in total. The largest absolute Gasteiger partial charge is 0.359 e. The van der Waals surface area contributed by atoms with Crippen LogP contribution in [-0.4, -0.2) is 22.0 Å². The van der Waals surface area contributed by atoms with E-state index in [0.717, 1.165) is 14.9 Å². The molecule has 0 aliphatic carbocycles. The molecule has 6 nitrogen and oxygen atoms in total. The van der Waals surface area contributed by atoms with Gasteiger partial charge in [-0.1, -0.05) is 69.6 Å². The van der Waals surface area contributed by atoms with Crippen molar-refractivity contribution in [3.05, 3.63) is 76.5 Å². The summed E-state index contributed by atoms with van der Waals surface area (Å²) < 4.78 is 6.10. The molecule has 1 aliphatic heterocycles. The molecule has 0 saturated carbocycles. The van der Waals surface area contributed by atoms with Crippen LogP contribution in [0.2, 0.25) is 0 Å². The minimum Gasteiger partial charge on any atom is -0.359 e. The summed E-state index contributed by atoms with van der Waals surface area (Å²) in [6.45, 7) is 1.72. The molecule has 0 radical (unpaired) electrons. The van der Waals surface area contributed by atoms with Crippen LogP contribution in [0.25, 0.3) is 11.3 Å². The van der Waals surface area contributed by atoms with Gasteiger partial charge in [-0.05, 0) is 13.0 Å². The number of nitrogens with one attached hydrogen (secondary N) is 1. The van der Waals surface area contributed by atoms with E-state index in [1.54, 1.807) is 13.0 Å². The Balaban J connectivity index is 1.59. The number of nitrogens with zero attached hydrogens (tertiary/aromatic N) is 2. The molecule has 1 atom stereocenters. The summed E-state index contributed by atoms with van der Waals surface area (Å²) in [7, 11) is 0. The number of halogens is 1. The Labute approximate surface area is 164 Å². The van der Waals surface area contributed by atoms with Crippen molar-refractivity contribution in [3.63, 3.8) is 0 Å². The third-order valence-electron chi connectivity index (χ3n) is 4.63. The van der Waals surface area contributed by atoms with E-state index in [0.29, 0.717) is 17.0 Å². The van der Waals surface area contributed by atoms with Gasteiger partial charge in [0, 0.05) is 21.7 Å². The summed E-state index contributed by atoms with van der Waals surface area (Å²) in [5, 5.41) is 6.83. The molecule has 1 aliphatic rings. The molecular weight excluding hydrogens is 410 g/mol. The molecule has 2 heterocycles. The summed E-state index contributed by atoms with van der Waals surface area (Å²) >= 11 is 3.45. The quantitative estimate of drug-likeness (QED) is 0.639. The van der Waals surface area contributed by atoms with Crippen LogP contribution in [0.4, 0.5) is 4.79 Å². The predicted octanol–water partition coefficient (Wildman–Crippen LogP) is 4.07. The molecule has 2 aromatic carbocycles. The third kappa shape index (κ3) is 3.04. The SMILES string of the molecule is CC1(c2ccccc2Br)NC(=O)N(Cc2cc(-c3ccccc3)no2)C1=O. The van der Waals surface area contributed by atoms with E-state index in [9.17, 15) is 9.59 Å². The first kappa shape index (κ1) is 17.5. The van der Waals surface area contributed by atoms with Gasteiger partial charge in [-0.15, -0.1) is 0 Å². The lowest BCUT2D eigenvalue weighted by Gasteiger charge is -2.23. The molecule has 1 saturated heterocycles. The number of carbonyl (C=O) groups is 2. The number of imide groups is 1. The Morgan fingerprint density at radius 1 is 1.11 bits per heavy atom. The number of benzene rings is 2. The number of aromatic nitrogens is 1. The van der Waals surface area contributed by atoms with Crippen molar-refractivity contribution in [3.8, 4) is 11.3 Å². The van der Waals surface area contributed by atoms with Crippen LogP contribution < -0.4 is 5.32 Å². The highest BCUT2D eigenvalue weighted by molar-refractivity contribution is 9.10. The smallest absolute Gasteiger partial charge is 0.325 e. The van der Waals surface area contributed by atoms with Gasteiger partial charge in [0.2, 0.25) is 0 Å². The summed E-state index contributed by atoms with van der Waals surface area (Å²) in [6.07, 6.45) is 0. The average molecular weight is 426 g/mol. The lowest BCUT2D eigenvalue weighted by molar-refractivity contribution is -0.131. The first-order valence-corrected chi connectivity index (χ1v) is 9.18. The fourth-order valence-electron chi connectivity index (χ4n) is 3.18. The molecule has 1 aromatic heterocycles. The van der Waals surface area contributed by atoms with E-state index in [1.165, 1.54) is 0 Å². The van der Waals surface area contributed by atoms with Gasteiger partial charge in [-0.2, -0.15) is 0 Å². The Hall–Kier alpha value is -2.93. The fraction of sp³-hybridized carbons (Fsp3) is 0.150. The molecule has 4 rings (SSSR count). The van der Waals surface area contributed by atoms with Gasteiger partial charge in [0.05, 0.1) is 6.54 Å². The topological polar surface area (TPSA) is 75.4 Å². The van der Waals surface area contributed by atoms with E-state index in [4.69, 9.17) is 4.52 Å². The maximum absolute atomic E-state index is 13.0. The zero-order chi connectivity index (χ0) is 19.0. The van der Waals surface area contributed by atoms with E-state index in [-0.39, 0.29) is 12.5 Å². The Morgan fingerprint density at radius 2 is 1.81 bits per heavy atom. The van der Waals surface area contributed by atoms with Crippen molar-refractivity contribution < 1.29 is 14.1 Å². The van der Waals surface area contributed by atoms with Crippen LogP contribution in [0.3, 0.4) is 0 Å². The van der Waals surface area contributed by atoms with Gasteiger partial charge in [0.25, 0.3) is 5.91 Å². The molecular formula is C20H16BrN3O3. The van der Waals surface area contributed by atoms with Crippen molar-refractivity contribution in [1.82, 2.24) is 15.4 Å². The molecule has 0 spiro atoms. The van der Waals surface area contributed by atoms with Crippen molar-refractivity contribution in [2.45, 2.75) is 19.0 Å². The number of rotatable bonds is 4. The van der Waals surface area contributed by atoms with Crippen LogP contribution in [0, 0.1) is 0 Å². The zero-order valence-electron chi connectivity index (χ0n) is 14.5. The van der Waals surface area contributed by atoms with Crippen molar-refractivity contribution >= 4 is 27.9 Å². The number of carbonyl (C=O) groups excluding carboxylic acids is 2. The maximum Gasteiger partial charge on any atom is 0.325 e. The number of amides is 3. The first-order chi connectivity index (χ1) is 13.0. The summed E-state index contributed by atoms with van der Waals surface area (Å²) in [5.74, 6) is 0.103. The Kier molecular flexibility index (Phi) is 4.31. The first-order valence-electron chi connectivity index (χ1n) is 8.39. The fourth-order valence-corrected chi connectivity index (χ4v) is 3.86. The summed E-state index contributed by atoms with van der Waals surface area (Å²) in [4.78, 5) is 26.7. The summed E-state index contributed by atoms with van der Waals surface area (Å²) in [5.41, 5.74) is 1.13. The van der Waals surface area contributed by atoms with Crippen molar-refractivity contribution in [2.24, 2.45) is 0 Å². The molecule has 1 fully saturated rings. The van der Waals surface area contributed by atoms with Crippen LogP contribution in [0.1, 0.15) is 18.2 Å². The van der Waals surface area contributed by atoms with Gasteiger partial charge >= 0.3 is 6.03 Å². The summed E-state index contributed by atoms with van der Waals surface area (Å²) in [6, 6.07) is 18.2. The molecule has 3 aromatic rings. The van der Waals surface area contributed by atoms with Gasteiger partial charge < -0.3 is 9.84 Å². The molecule has 7 heteroatoms. The lowest BCUT2D eigenvalue weighted by Crippen LogP contribution is -2.41. The number of hydrogen-bond donors (Lipinski definition) is 1. The van der Waals surface area contributed by atoms with Gasteiger partial charge in [0.1, 0.15) is 11.2 Å². The second-order valence-corrected chi connectivity index (χ2v) is 7.33. The molecule has 27 heavy (non-hydrogen) atoms. The van der Waals surface area contributed by atoms with Crippen LogP contribution in [0.15, 0.2) is 69.7 Å². The molecule has 136 valence electrons. The van der Waals surface area contributed by atoms with E-state index in [2.05, 4.69) is 26.4 Å². The van der Waals surface area contributed by atoms with Gasteiger partial charge in [-0.25, -0.2) is 4.79 Å². The van der Waals surface area contributed by atoms with Crippen LogP contribution in [0.5, 0.6) is 0 Å². The highest BCUT2D eigenvalue weighted by atomic mass is 79.9. The zero-order valence-corrected chi connectivity index (χ0v) is 16.1. The average Bonchev–Trinajstić information content (AvgIpc) is 3.22. The minimum absolute atomic E-state index is 0.0184. The third-order valence-corrected chi connectivity index (χ3v) is 5.32. The number of hydrogen-bond acceptors (Lipinski definition) is 4. The van der Waals surface area contributed by atoms with Crippen molar-refractivity contribution in [1.29, 1.82) is 0 Å². The van der Waals surface area contributed by atoms with E-state index < -0.39 is 11.6 Å². The molecule has 1 unspecified atom stereocenters. The Morgan fingerprint density at radius 3 is 2.56 bits per heavy atom. The van der Waals surface area contributed by atoms with Gasteiger partial charge in [-0.3, -0.25) is 9.69 Å². The van der Waals surface area contributed by atoms with Gasteiger partial charge in [0.15, 0.2) is 5.76 Å². The normalized spacial score (nSPS) is 19.4. The van der Waals surface area contributed by atoms with Crippen LogP contribution in [-0.2, 0) is 16.9 Å². The lowest BCUT2D eigenvalue weighted by atomic mass is 9.92. The maximum atomic E-state index is 13.0.